The van der Waals surface area contributed by atoms with Crippen LogP contribution < -0.4 is 4.90 Å². The second kappa shape index (κ2) is 4.65. The van der Waals surface area contributed by atoms with Gasteiger partial charge in [-0.25, -0.2) is 0 Å². The molecule has 2 heterocycles. The van der Waals surface area contributed by atoms with Crippen LogP contribution in [0.15, 0.2) is 6.33 Å². The summed E-state index contributed by atoms with van der Waals surface area (Å²) < 4.78 is 10.2. The number of nitrogens with one attached hydrogen (secondary N) is 1. The Morgan fingerprint density at radius 2 is 2.12 bits per heavy atom. The lowest BCUT2D eigenvalue weighted by atomic mass is 10.2. The molecule has 1 aromatic rings. The van der Waals surface area contributed by atoms with Gasteiger partial charge < -0.3 is 14.2 Å². The second-order valence-electron chi connectivity index (χ2n) is 4.60. The predicted octanol–water partition coefficient (Wildman–Crippen LogP) is -0.399. The number of morpholine rings is 1. The Balaban J connectivity index is 2.04. The van der Waals surface area contributed by atoms with Crippen molar-refractivity contribution in [1.82, 2.24) is 14.3 Å². The molecular formula is C10H19N4OS+. The van der Waals surface area contributed by atoms with Crippen molar-refractivity contribution < 1.29 is 9.64 Å². The minimum absolute atomic E-state index is 0.316. The van der Waals surface area contributed by atoms with Crippen LogP contribution in [0, 0.1) is 4.77 Å². The highest BCUT2D eigenvalue weighted by Gasteiger charge is 2.25. The van der Waals surface area contributed by atoms with Gasteiger partial charge >= 0.3 is 0 Å². The van der Waals surface area contributed by atoms with Gasteiger partial charge in [0, 0.05) is 7.05 Å². The van der Waals surface area contributed by atoms with Crippen molar-refractivity contribution in [3.63, 3.8) is 0 Å². The van der Waals surface area contributed by atoms with Crippen LogP contribution in [0.2, 0.25) is 0 Å². The Bertz CT molecular complexity index is 403. The molecule has 16 heavy (non-hydrogen) atoms. The molecule has 0 saturated carbocycles. The summed E-state index contributed by atoms with van der Waals surface area (Å²) in [5, 5.41) is 4.27. The van der Waals surface area contributed by atoms with Crippen molar-refractivity contribution in [2.75, 3.05) is 13.1 Å². The minimum Gasteiger partial charge on any atom is -0.364 e. The largest absolute Gasteiger partial charge is 0.364 e. The number of quaternary nitrogens is 1. The molecule has 1 aliphatic rings. The number of aryl methyl sites for hydroxylation is 1. The first-order valence-electron chi connectivity index (χ1n) is 5.63. The van der Waals surface area contributed by atoms with Gasteiger partial charge in [0.25, 0.3) is 0 Å². The third-order valence-electron chi connectivity index (χ3n) is 2.88. The summed E-state index contributed by atoms with van der Waals surface area (Å²) in [5.74, 6) is 0. The van der Waals surface area contributed by atoms with Crippen molar-refractivity contribution in [1.29, 1.82) is 0 Å². The van der Waals surface area contributed by atoms with E-state index in [9.17, 15) is 0 Å². The van der Waals surface area contributed by atoms with E-state index in [0.29, 0.717) is 12.2 Å². The zero-order valence-electron chi connectivity index (χ0n) is 10.0. The fourth-order valence-corrected chi connectivity index (χ4v) is 2.42. The van der Waals surface area contributed by atoms with Crippen molar-refractivity contribution in [2.24, 2.45) is 7.05 Å². The first kappa shape index (κ1) is 11.8. The number of hydrogen-bond acceptors (Lipinski definition) is 3. The number of aromatic nitrogens is 3. The molecule has 2 rings (SSSR count). The van der Waals surface area contributed by atoms with Crippen LogP contribution in [0.3, 0.4) is 0 Å². The third kappa shape index (κ3) is 2.50. The molecule has 6 heteroatoms. The van der Waals surface area contributed by atoms with Gasteiger partial charge in [0.15, 0.2) is 6.67 Å². The normalized spacial score (nSPS) is 30.6. The van der Waals surface area contributed by atoms with Gasteiger partial charge in [0.1, 0.15) is 31.6 Å². The highest BCUT2D eigenvalue weighted by molar-refractivity contribution is 7.71. The van der Waals surface area contributed by atoms with E-state index in [1.165, 1.54) is 4.90 Å². The Hall–Kier alpha value is -0.720. The Kier molecular flexibility index (Phi) is 3.41. The summed E-state index contributed by atoms with van der Waals surface area (Å²) in [4.78, 5) is 1.47. The fraction of sp³-hybridized carbons (Fsp3) is 0.800. The van der Waals surface area contributed by atoms with Gasteiger partial charge in [-0.2, -0.15) is 9.78 Å². The molecule has 1 fully saturated rings. The van der Waals surface area contributed by atoms with Crippen LogP contribution in [0.4, 0.5) is 0 Å². The molecule has 0 amide bonds. The minimum atomic E-state index is 0.316. The summed E-state index contributed by atoms with van der Waals surface area (Å²) in [5.41, 5.74) is 0. The molecule has 0 bridgehead atoms. The first-order chi connectivity index (χ1) is 7.56. The lowest BCUT2D eigenvalue weighted by molar-refractivity contribution is -0.937. The highest BCUT2D eigenvalue weighted by atomic mass is 32.1. The number of nitrogens with zero attached hydrogens (tertiary/aromatic N) is 3. The maximum absolute atomic E-state index is 5.71. The van der Waals surface area contributed by atoms with E-state index in [1.807, 2.05) is 16.3 Å². The molecule has 0 aliphatic carbocycles. The van der Waals surface area contributed by atoms with Crippen LogP contribution in [0.1, 0.15) is 13.8 Å². The van der Waals surface area contributed by atoms with Gasteiger partial charge in [0.05, 0.1) is 0 Å². The molecule has 0 aromatic carbocycles. The predicted molar refractivity (Wildman–Crippen MR) is 62.7 cm³/mol. The molecule has 1 saturated heterocycles. The van der Waals surface area contributed by atoms with Crippen molar-refractivity contribution in [3.05, 3.63) is 11.1 Å². The zero-order chi connectivity index (χ0) is 11.7. The average Bonchev–Trinajstić information content (AvgIpc) is 2.48. The van der Waals surface area contributed by atoms with Gasteiger partial charge in [-0.1, -0.05) is 0 Å². The maximum Gasteiger partial charge on any atom is 0.202 e. The summed E-state index contributed by atoms with van der Waals surface area (Å²) in [6.07, 6.45) is 2.39. The Labute approximate surface area is 101 Å². The molecule has 0 spiro atoms. The van der Waals surface area contributed by atoms with E-state index >= 15 is 0 Å². The van der Waals surface area contributed by atoms with Gasteiger partial charge in [0.2, 0.25) is 4.77 Å². The molecule has 1 N–H and O–H groups in total. The average molecular weight is 243 g/mol. The summed E-state index contributed by atoms with van der Waals surface area (Å²) >= 11 is 5.27. The Morgan fingerprint density at radius 1 is 1.50 bits per heavy atom. The smallest absolute Gasteiger partial charge is 0.202 e. The van der Waals surface area contributed by atoms with E-state index in [-0.39, 0.29) is 0 Å². The molecule has 1 aliphatic heterocycles. The SMILES string of the molecule is C[C@@H]1C[NH+](Cn2ncn(C)c2=S)C[C@H](C)O1. The van der Waals surface area contributed by atoms with Crippen molar-refractivity contribution in [2.45, 2.75) is 32.7 Å². The molecular weight excluding hydrogens is 224 g/mol. The van der Waals surface area contributed by atoms with Crippen molar-refractivity contribution in [3.8, 4) is 0 Å². The quantitative estimate of drug-likeness (QED) is 0.718. The molecule has 1 unspecified atom stereocenters. The fourth-order valence-electron chi connectivity index (χ4n) is 2.26. The van der Waals surface area contributed by atoms with Gasteiger partial charge in [-0.3, -0.25) is 0 Å². The molecule has 1 aromatic heterocycles. The standard InChI is InChI=1S/C10H18N4OS/c1-8-4-13(5-9(2)15-8)7-14-10(16)12(3)6-11-14/h6,8-9H,4-5,7H2,1-3H3/p+1/t8-,9+. The Morgan fingerprint density at radius 3 is 2.62 bits per heavy atom. The lowest BCUT2D eigenvalue weighted by Crippen LogP contribution is -3.14. The van der Waals surface area contributed by atoms with E-state index in [1.54, 1.807) is 6.33 Å². The number of rotatable bonds is 2. The summed E-state index contributed by atoms with van der Waals surface area (Å²) in [7, 11) is 1.92. The molecule has 5 nitrogen and oxygen atoms in total. The van der Waals surface area contributed by atoms with Crippen LogP contribution in [0.5, 0.6) is 0 Å². The van der Waals surface area contributed by atoms with Crippen molar-refractivity contribution >= 4 is 12.2 Å². The zero-order valence-corrected chi connectivity index (χ0v) is 10.8. The monoisotopic (exact) mass is 243 g/mol. The number of ether oxygens (including phenoxy) is 1. The van der Waals surface area contributed by atoms with E-state index in [4.69, 9.17) is 17.0 Å². The third-order valence-corrected chi connectivity index (χ3v) is 3.38. The van der Waals surface area contributed by atoms with Crippen LogP contribution >= 0.6 is 12.2 Å². The van der Waals surface area contributed by atoms with Crippen LogP contribution in [-0.4, -0.2) is 39.6 Å². The van der Waals surface area contributed by atoms with Gasteiger partial charge in [-0.05, 0) is 26.1 Å². The van der Waals surface area contributed by atoms with Crippen LogP contribution in [0.25, 0.3) is 0 Å². The molecule has 90 valence electrons. The molecule has 3 atom stereocenters. The number of hydrogen-bond donors (Lipinski definition) is 1. The summed E-state index contributed by atoms with van der Waals surface area (Å²) in [6.45, 7) is 7.10. The van der Waals surface area contributed by atoms with E-state index in [2.05, 4.69) is 18.9 Å². The summed E-state index contributed by atoms with van der Waals surface area (Å²) in [6, 6.07) is 0. The second-order valence-corrected chi connectivity index (χ2v) is 4.96. The van der Waals surface area contributed by atoms with Gasteiger partial charge in [-0.15, -0.1) is 0 Å². The lowest BCUT2D eigenvalue weighted by Gasteiger charge is -2.32. The van der Waals surface area contributed by atoms with E-state index < -0.39 is 0 Å². The topological polar surface area (TPSA) is 36.4 Å². The maximum atomic E-state index is 5.71. The highest BCUT2D eigenvalue weighted by Crippen LogP contribution is 1.98. The van der Waals surface area contributed by atoms with Crippen LogP contribution in [-0.2, 0) is 18.5 Å². The van der Waals surface area contributed by atoms with E-state index in [0.717, 1.165) is 24.5 Å². The molecule has 0 radical (unpaired) electrons. The first-order valence-corrected chi connectivity index (χ1v) is 6.04.